The van der Waals surface area contributed by atoms with Crippen molar-refractivity contribution in [2.45, 2.75) is 6.61 Å². The fourth-order valence-electron chi connectivity index (χ4n) is 1.53. The van der Waals surface area contributed by atoms with Gasteiger partial charge in [-0.3, -0.25) is 0 Å². The zero-order valence-electron chi connectivity index (χ0n) is 10.6. The monoisotopic (exact) mass is 282 g/mol. The second kappa shape index (κ2) is 5.70. The summed E-state index contributed by atoms with van der Waals surface area (Å²) in [5.74, 6) is -2.42. The number of halogens is 2. The van der Waals surface area contributed by atoms with Crippen molar-refractivity contribution in [3.05, 3.63) is 41.5 Å². The molecule has 0 bridgehead atoms. The average molecular weight is 282 g/mol. The van der Waals surface area contributed by atoms with E-state index in [9.17, 15) is 8.78 Å². The summed E-state index contributed by atoms with van der Waals surface area (Å²) in [7, 11) is 1.39. The highest BCUT2D eigenvalue weighted by Crippen LogP contribution is 2.33. The molecule has 106 valence electrons. The van der Waals surface area contributed by atoms with Gasteiger partial charge in [0.15, 0.2) is 29.0 Å². The lowest BCUT2D eigenvalue weighted by Gasteiger charge is -2.11. The van der Waals surface area contributed by atoms with E-state index in [2.05, 4.69) is 4.98 Å². The van der Waals surface area contributed by atoms with E-state index in [1.165, 1.54) is 19.2 Å². The van der Waals surface area contributed by atoms with Crippen LogP contribution >= 0.6 is 0 Å². The normalized spacial score (nSPS) is 10.4. The van der Waals surface area contributed by atoms with Crippen LogP contribution in [0.25, 0.3) is 0 Å². The molecule has 2 aromatic rings. The maximum Gasteiger partial charge on any atom is 0.258 e. The van der Waals surface area contributed by atoms with Crippen LogP contribution in [0.15, 0.2) is 24.3 Å². The van der Waals surface area contributed by atoms with Gasteiger partial charge in [0, 0.05) is 6.07 Å². The summed E-state index contributed by atoms with van der Waals surface area (Å²) in [4.78, 5) is 3.49. The van der Waals surface area contributed by atoms with Crippen LogP contribution in [0, 0.1) is 11.6 Å². The number of aliphatic hydroxyl groups is 1. The molecule has 0 fully saturated rings. The third-order valence-corrected chi connectivity index (χ3v) is 2.54. The Hall–Kier alpha value is -2.41. The number of nitrogens with two attached hydrogens (primary N) is 1. The van der Waals surface area contributed by atoms with Gasteiger partial charge in [-0.25, -0.2) is 8.78 Å². The summed E-state index contributed by atoms with van der Waals surface area (Å²) in [6, 6.07) is 5.17. The predicted molar refractivity (Wildman–Crippen MR) is 67.6 cm³/mol. The molecule has 0 unspecified atom stereocenters. The van der Waals surface area contributed by atoms with E-state index < -0.39 is 23.3 Å². The number of nitrogens with zero attached hydrogens (tertiary/aromatic N) is 1. The lowest BCUT2D eigenvalue weighted by molar-refractivity contribution is 0.280. The van der Waals surface area contributed by atoms with Crippen LogP contribution in [0.3, 0.4) is 0 Å². The highest BCUT2D eigenvalue weighted by atomic mass is 19.1. The van der Waals surface area contributed by atoms with Crippen LogP contribution in [-0.2, 0) is 6.61 Å². The molecule has 1 heterocycles. The van der Waals surface area contributed by atoms with Crippen molar-refractivity contribution in [1.82, 2.24) is 4.98 Å². The molecule has 0 amide bonds. The van der Waals surface area contributed by atoms with Crippen LogP contribution in [0.5, 0.6) is 17.4 Å². The van der Waals surface area contributed by atoms with Crippen molar-refractivity contribution >= 4 is 5.82 Å². The van der Waals surface area contributed by atoms with Crippen LogP contribution in [0.1, 0.15) is 5.56 Å². The summed E-state index contributed by atoms with van der Waals surface area (Å²) in [5, 5.41) is 9.02. The summed E-state index contributed by atoms with van der Waals surface area (Å²) in [6.45, 7) is -0.174. The first-order valence-electron chi connectivity index (χ1n) is 5.62. The number of aromatic nitrogens is 1. The molecule has 7 heteroatoms. The number of pyridine rings is 1. The number of anilines is 1. The molecule has 0 aliphatic rings. The first kappa shape index (κ1) is 14.0. The Balaban J connectivity index is 2.37. The van der Waals surface area contributed by atoms with Crippen LogP contribution in [0.2, 0.25) is 0 Å². The second-order valence-corrected chi connectivity index (χ2v) is 3.89. The smallest absolute Gasteiger partial charge is 0.258 e. The van der Waals surface area contributed by atoms with Gasteiger partial charge < -0.3 is 20.3 Å². The van der Waals surface area contributed by atoms with E-state index in [0.29, 0.717) is 11.6 Å². The zero-order chi connectivity index (χ0) is 14.7. The predicted octanol–water partition coefficient (Wildman–Crippen LogP) is 2.24. The van der Waals surface area contributed by atoms with Crippen LogP contribution in [0.4, 0.5) is 14.6 Å². The van der Waals surface area contributed by atoms with E-state index in [4.69, 9.17) is 20.3 Å². The Labute approximate surface area is 113 Å². The first-order valence-corrected chi connectivity index (χ1v) is 5.62. The number of hydrogen-bond donors (Lipinski definition) is 2. The highest BCUT2D eigenvalue weighted by Gasteiger charge is 2.14. The zero-order valence-corrected chi connectivity index (χ0v) is 10.6. The number of benzene rings is 1. The molecule has 0 spiro atoms. The molecule has 0 aliphatic heterocycles. The van der Waals surface area contributed by atoms with Crippen LogP contribution < -0.4 is 15.2 Å². The largest absolute Gasteiger partial charge is 0.493 e. The molecule has 1 aromatic carbocycles. The summed E-state index contributed by atoms with van der Waals surface area (Å²) < 4.78 is 36.8. The lowest BCUT2D eigenvalue weighted by Crippen LogP contribution is -2.01. The molecule has 1 aromatic heterocycles. The first-order chi connectivity index (χ1) is 9.55. The maximum atomic E-state index is 13.5. The SMILES string of the molecule is COc1cc(CO)ccc1Oc1nc(N)c(F)cc1F. The average Bonchev–Trinajstić information content (AvgIpc) is 2.45. The standard InChI is InChI=1S/C13H12F2N2O3/c1-19-11-4-7(6-18)2-3-10(11)20-13-9(15)5-8(14)12(16)17-13/h2-5,18H,6H2,1H3,(H2,16,17). The molecule has 5 nitrogen and oxygen atoms in total. The number of aliphatic hydroxyl groups excluding tert-OH is 1. The van der Waals surface area contributed by atoms with Gasteiger partial charge >= 0.3 is 0 Å². The Morgan fingerprint density at radius 2 is 1.95 bits per heavy atom. The topological polar surface area (TPSA) is 77.6 Å². The summed E-state index contributed by atoms with van der Waals surface area (Å²) >= 11 is 0. The van der Waals surface area contributed by atoms with E-state index in [0.717, 1.165) is 0 Å². The second-order valence-electron chi connectivity index (χ2n) is 3.89. The third kappa shape index (κ3) is 2.77. The van der Waals surface area contributed by atoms with Gasteiger partial charge in [0.05, 0.1) is 13.7 Å². The van der Waals surface area contributed by atoms with Crippen molar-refractivity contribution in [1.29, 1.82) is 0 Å². The van der Waals surface area contributed by atoms with Gasteiger partial charge in [-0.1, -0.05) is 6.07 Å². The summed E-state index contributed by atoms with van der Waals surface area (Å²) in [5.41, 5.74) is 5.86. The molecule has 3 N–H and O–H groups in total. The van der Waals surface area contributed by atoms with E-state index in [1.807, 2.05) is 0 Å². The Bertz CT molecular complexity index is 635. The highest BCUT2D eigenvalue weighted by molar-refractivity contribution is 5.45. The fourth-order valence-corrected chi connectivity index (χ4v) is 1.53. The molecule has 0 atom stereocenters. The number of nitrogen functional groups attached to an aromatic ring is 1. The van der Waals surface area contributed by atoms with Gasteiger partial charge in [-0.15, -0.1) is 0 Å². The molecule has 0 aliphatic carbocycles. The van der Waals surface area contributed by atoms with Crippen molar-refractivity contribution in [3.63, 3.8) is 0 Å². The van der Waals surface area contributed by atoms with E-state index in [1.54, 1.807) is 6.07 Å². The molecular formula is C13H12F2N2O3. The van der Waals surface area contributed by atoms with Gasteiger partial charge in [0.2, 0.25) is 0 Å². The van der Waals surface area contributed by atoms with Gasteiger partial charge in [0.1, 0.15) is 0 Å². The van der Waals surface area contributed by atoms with Gasteiger partial charge in [-0.05, 0) is 17.7 Å². The number of ether oxygens (including phenoxy) is 2. The number of methoxy groups -OCH3 is 1. The Morgan fingerprint density at radius 3 is 2.60 bits per heavy atom. The Morgan fingerprint density at radius 1 is 1.20 bits per heavy atom. The van der Waals surface area contributed by atoms with E-state index in [-0.39, 0.29) is 18.1 Å². The number of rotatable bonds is 4. The van der Waals surface area contributed by atoms with E-state index >= 15 is 0 Å². The summed E-state index contributed by atoms with van der Waals surface area (Å²) in [6.07, 6.45) is 0. The molecule has 0 radical (unpaired) electrons. The number of hydrogen-bond acceptors (Lipinski definition) is 5. The van der Waals surface area contributed by atoms with Crippen molar-refractivity contribution < 1.29 is 23.4 Å². The lowest BCUT2D eigenvalue weighted by atomic mass is 10.2. The minimum Gasteiger partial charge on any atom is -0.493 e. The molecule has 20 heavy (non-hydrogen) atoms. The van der Waals surface area contributed by atoms with Crippen molar-refractivity contribution in [3.8, 4) is 17.4 Å². The fraction of sp³-hybridized carbons (Fsp3) is 0.154. The van der Waals surface area contributed by atoms with Crippen molar-refractivity contribution in [2.24, 2.45) is 0 Å². The molecular weight excluding hydrogens is 270 g/mol. The molecule has 0 saturated carbocycles. The van der Waals surface area contributed by atoms with Gasteiger partial charge in [0.25, 0.3) is 5.88 Å². The molecule has 2 rings (SSSR count). The molecule has 0 saturated heterocycles. The Kier molecular flexibility index (Phi) is 3.99. The van der Waals surface area contributed by atoms with Crippen LogP contribution in [-0.4, -0.2) is 17.2 Å². The maximum absolute atomic E-state index is 13.5. The quantitative estimate of drug-likeness (QED) is 0.899. The third-order valence-electron chi connectivity index (χ3n) is 2.54. The minimum absolute atomic E-state index is 0.169. The minimum atomic E-state index is -0.981. The van der Waals surface area contributed by atoms with Gasteiger partial charge in [-0.2, -0.15) is 4.98 Å². The van der Waals surface area contributed by atoms with Crippen molar-refractivity contribution in [2.75, 3.05) is 12.8 Å².